The van der Waals surface area contributed by atoms with Crippen molar-refractivity contribution < 1.29 is 41.7 Å². The van der Waals surface area contributed by atoms with Crippen LogP contribution in [0.5, 0.6) is 11.5 Å². The lowest BCUT2D eigenvalue weighted by atomic mass is 9.81. The summed E-state index contributed by atoms with van der Waals surface area (Å²) in [7, 11) is 0. The number of benzene rings is 2. The number of halogens is 5. The van der Waals surface area contributed by atoms with E-state index in [4.69, 9.17) is 26.8 Å². The van der Waals surface area contributed by atoms with Crippen molar-refractivity contribution in [3.05, 3.63) is 81.4 Å². The average Bonchev–Trinajstić information content (AvgIpc) is 3.76. The number of nitrogens with two attached hydrogens (primary N) is 1. The zero-order valence-electron chi connectivity index (χ0n) is 25.4. The number of amides is 2. The fourth-order valence-electron chi connectivity index (χ4n) is 5.32. The van der Waals surface area contributed by atoms with E-state index in [9.17, 15) is 32.3 Å². The largest absolute Gasteiger partial charge is 0.489 e. The number of carbonyl (C=O) groups excluding carboxylic acids is 2. The zero-order valence-corrected chi connectivity index (χ0v) is 26.1. The molecule has 0 spiro atoms. The van der Waals surface area contributed by atoms with Gasteiger partial charge < -0.3 is 25.6 Å². The van der Waals surface area contributed by atoms with E-state index in [1.54, 1.807) is 6.07 Å². The molecular weight excluding hydrogens is 644 g/mol. The molecule has 2 amide bonds. The van der Waals surface area contributed by atoms with Crippen LogP contribution < -0.4 is 20.5 Å². The Morgan fingerprint density at radius 1 is 1.15 bits per heavy atom. The molecule has 1 saturated carbocycles. The van der Waals surface area contributed by atoms with Crippen LogP contribution in [0, 0.1) is 19.7 Å². The molecule has 47 heavy (non-hydrogen) atoms. The van der Waals surface area contributed by atoms with Gasteiger partial charge in [-0.2, -0.15) is 13.2 Å². The fraction of sp³-hybridized carbons (Fsp3) is 0.333. The van der Waals surface area contributed by atoms with Gasteiger partial charge in [0.05, 0.1) is 23.4 Å². The summed E-state index contributed by atoms with van der Waals surface area (Å²) in [6, 6.07) is 8.90. The summed E-state index contributed by atoms with van der Waals surface area (Å²) in [5.41, 5.74) is 1.13. The molecule has 0 bridgehead atoms. The first-order valence-corrected chi connectivity index (χ1v) is 15.0. The van der Waals surface area contributed by atoms with Crippen molar-refractivity contribution in [1.82, 2.24) is 15.3 Å². The van der Waals surface area contributed by atoms with E-state index in [0.717, 1.165) is 42.3 Å². The van der Waals surface area contributed by atoms with Gasteiger partial charge in [-0.15, -0.1) is 0 Å². The van der Waals surface area contributed by atoms with E-state index >= 15 is 0 Å². The van der Waals surface area contributed by atoms with Crippen molar-refractivity contribution in [2.75, 3.05) is 13.2 Å². The van der Waals surface area contributed by atoms with Gasteiger partial charge in [-0.1, -0.05) is 11.6 Å². The lowest BCUT2D eigenvalue weighted by molar-refractivity contribution is -0.265. The third-order valence-electron chi connectivity index (χ3n) is 8.61. The van der Waals surface area contributed by atoms with Gasteiger partial charge in [-0.3, -0.25) is 9.59 Å². The van der Waals surface area contributed by atoms with Gasteiger partial charge in [0.25, 0.3) is 5.91 Å². The Kier molecular flexibility index (Phi) is 7.83. The normalized spacial score (nSPS) is 18.7. The SMILES string of the molecule is Cc1cc2cc(C(=O)NC[C@](O)(c3cc4c(c(-c5ccc(F)c(Cl)c5)n3)OC[C@]4(C)C(N)=O)C(F)(F)F)cc(OC3CC3)c2nc1C. The number of pyridine rings is 2. The Morgan fingerprint density at radius 2 is 1.87 bits per heavy atom. The summed E-state index contributed by atoms with van der Waals surface area (Å²) < 4.78 is 70.2. The van der Waals surface area contributed by atoms with Gasteiger partial charge in [0, 0.05) is 27.8 Å². The molecule has 6 rings (SSSR count). The third kappa shape index (κ3) is 5.71. The second-order valence-corrected chi connectivity index (χ2v) is 12.5. The summed E-state index contributed by atoms with van der Waals surface area (Å²) in [4.78, 5) is 34.6. The number of nitrogens with one attached hydrogen (secondary N) is 1. The maximum atomic E-state index is 14.8. The molecule has 4 N–H and O–H groups in total. The summed E-state index contributed by atoms with van der Waals surface area (Å²) in [6.45, 7) is 3.36. The summed E-state index contributed by atoms with van der Waals surface area (Å²) in [5.74, 6) is -2.38. The molecule has 2 atom stereocenters. The Balaban J connectivity index is 1.42. The number of ether oxygens (including phenoxy) is 2. The van der Waals surface area contributed by atoms with E-state index in [1.807, 2.05) is 13.8 Å². The molecular formula is C33H29ClF4N4O5. The Hall–Kier alpha value is -4.49. The molecule has 0 saturated heterocycles. The maximum absolute atomic E-state index is 14.8. The average molecular weight is 673 g/mol. The third-order valence-corrected chi connectivity index (χ3v) is 8.90. The van der Waals surface area contributed by atoms with Gasteiger partial charge >= 0.3 is 6.18 Å². The number of nitrogens with zero attached hydrogens (tertiary/aromatic N) is 2. The molecule has 1 aliphatic heterocycles. The molecule has 0 unspecified atom stereocenters. The fourth-order valence-corrected chi connectivity index (χ4v) is 5.50. The van der Waals surface area contributed by atoms with Crippen LogP contribution in [0.2, 0.25) is 5.02 Å². The zero-order chi connectivity index (χ0) is 34.1. The van der Waals surface area contributed by atoms with Crippen LogP contribution >= 0.6 is 11.6 Å². The van der Waals surface area contributed by atoms with Crippen LogP contribution in [0.15, 0.2) is 42.5 Å². The minimum absolute atomic E-state index is 0.0130. The highest BCUT2D eigenvalue weighted by atomic mass is 35.5. The number of fused-ring (bicyclic) bond motifs is 2. The van der Waals surface area contributed by atoms with Crippen LogP contribution in [-0.4, -0.2) is 52.3 Å². The lowest BCUT2D eigenvalue weighted by Gasteiger charge is -2.31. The lowest BCUT2D eigenvalue weighted by Crippen LogP contribution is -2.51. The first-order valence-electron chi connectivity index (χ1n) is 14.6. The number of carbonyl (C=O) groups is 2. The predicted molar refractivity (Wildman–Crippen MR) is 164 cm³/mol. The minimum Gasteiger partial charge on any atom is -0.489 e. The van der Waals surface area contributed by atoms with Crippen LogP contribution in [-0.2, 0) is 15.8 Å². The van der Waals surface area contributed by atoms with Crippen LogP contribution in [0.1, 0.15) is 52.6 Å². The number of rotatable bonds is 8. The molecule has 0 radical (unpaired) electrons. The Bertz CT molecular complexity index is 1970. The first kappa shape index (κ1) is 32.5. The second-order valence-electron chi connectivity index (χ2n) is 12.1. The molecule has 246 valence electrons. The van der Waals surface area contributed by atoms with Crippen molar-refractivity contribution in [3.8, 4) is 22.8 Å². The van der Waals surface area contributed by atoms with Crippen molar-refractivity contribution in [3.63, 3.8) is 0 Å². The molecule has 2 aromatic heterocycles. The van der Waals surface area contributed by atoms with Gasteiger partial charge in [-0.25, -0.2) is 14.4 Å². The van der Waals surface area contributed by atoms with Crippen LogP contribution in [0.25, 0.3) is 22.2 Å². The summed E-state index contributed by atoms with van der Waals surface area (Å²) in [6.07, 6.45) is -3.80. The van der Waals surface area contributed by atoms with E-state index in [2.05, 4.69) is 15.3 Å². The smallest absolute Gasteiger partial charge is 0.424 e. The predicted octanol–water partition coefficient (Wildman–Crippen LogP) is 5.56. The first-order chi connectivity index (χ1) is 22.0. The van der Waals surface area contributed by atoms with Crippen molar-refractivity contribution in [2.24, 2.45) is 5.73 Å². The molecule has 2 aromatic carbocycles. The van der Waals surface area contributed by atoms with Gasteiger partial charge in [0.15, 0.2) is 0 Å². The maximum Gasteiger partial charge on any atom is 0.424 e. The molecule has 1 aliphatic carbocycles. The van der Waals surface area contributed by atoms with E-state index in [-0.39, 0.29) is 45.9 Å². The van der Waals surface area contributed by atoms with Crippen molar-refractivity contribution in [1.29, 1.82) is 0 Å². The number of aromatic nitrogens is 2. The number of aliphatic hydroxyl groups is 1. The second kappa shape index (κ2) is 11.3. The minimum atomic E-state index is -5.38. The van der Waals surface area contributed by atoms with Crippen molar-refractivity contribution in [2.45, 2.75) is 56.9 Å². The standard InChI is InChI=1S/C33H29ClF4N4O5/c1-15-8-18-9-19(11-24(47-20-5-6-20)26(18)41-16(15)2)29(43)40-13-32(45,33(36,37)38)25-12-21-28(46-14-31(21,3)30(39)44)27(42-25)17-4-7-23(35)22(34)10-17/h4,7-12,20,45H,5-6,13-14H2,1-3H3,(H2,39,44)(H,40,43)/t31-,32-/m0/s1. The highest BCUT2D eigenvalue weighted by Gasteiger charge is 2.57. The summed E-state index contributed by atoms with van der Waals surface area (Å²) in [5, 5.41) is 13.8. The van der Waals surface area contributed by atoms with Crippen molar-refractivity contribution >= 4 is 34.3 Å². The van der Waals surface area contributed by atoms with Gasteiger partial charge in [-0.05, 0) is 81.6 Å². The van der Waals surface area contributed by atoms with E-state index in [1.165, 1.54) is 25.1 Å². The van der Waals surface area contributed by atoms with Crippen LogP contribution in [0.3, 0.4) is 0 Å². The highest BCUT2D eigenvalue weighted by molar-refractivity contribution is 6.31. The Morgan fingerprint density at radius 3 is 2.51 bits per heavy atom. The number of alkyl halides is 3. The monoisotopic (exact) mass is 672 g/mol. The topological polar surface area (TPSA) is 137 Å². The van der Waals surface area contributed by atoms with Gasteiger partial charge in [0.1, 0.15) is 40.5 Å². The number of hydrogen-bond acceptors (Lipinski definition) is 7. The molecule has 14 heteroatoms. The van der Waals surface area contributed by atoms with Gasteiger partial charge in [0.2, 0.25) is 11.5 Å². The highest BCUT2D eigenvalue weighted by Crippen LogP contribution is 2.48. The number of aryl methyl sites for hydroxylation is 2. The quantitative estimate of drug-likeness (QED) is 0.209. The number of primary amides is 1. The van der Waals surface area contributed by atoms with E-state index in [0.29, 0.717) is 16.7 Å². The molecule has 2 aliphatic rings. The summed E-state index contributed by atoms with van der Waals surface area (Å²) >= 11 is 5.95. The Labute approximate surface area is 271 Å². The molecule has 4 aromatic rings. The van der Waals surface area contributed by atoms with E-state index < -0.39 is 47.1 Å². The molecule has 3 heterocycles. The van der Waals surface area contributed by atoms with Crippen LogP contribution in [0.4, 0.5) is 17.6 Å². The number of hydrogen-bond donors (Lipinski definition) is 3. The molecule has 1 fully saturated rings. The molecule has 9 nitrogen and oxygen atoms in total.